The molecule has 0 aromatic heterocycles. The lowest BCUT2D eigenvalue weighted by Gasteiger charge is -2.54. The second-order valence-electron chi connectivity index (χ2n) is 8.94. The van der Waals surface area contributed by atoms with Crippen LogP contribution in [0.2, 0.25) is 0 Å². The predicted molar refractivity (Wildman–Crippen MR) is 83.6 cm³/mol. The summed E-state index contributed by atoms with van der Waals surface area (Å²) in [5, 5.41) is 9.68. The maximum atomic E-state index is 11.7. The van der Waals surface area contributed by atoms with E-state index in [0.717, 1.165) is 48.9 Å². The first-order chi connectivity index (χ1) is 10.6. The molecule has 0 spiro atoms. The van der Waals surface area contributed by atoms with E-state index in [-0.39, 0.29) is 0 Å². The first-order valence-corrected chi connectivity index (χ1v) is 9.26. The number of fused-ring (bicyclic) bond motifs is 7. The maximum Gasteiger partial charge on any atom is 0.155 e. The zero-order chi connectivity index (χ0) is 15.1. The molecule has 5 rings (SSSR count). The molecule has 2 heteroatoms. The van der Waals surface area contributed by atoms with E-state index in [4.69, 9.17) is 0 Å². The number of nitrogens with zero attached hydrogens (tertiary/aromatic N) is 1. The van der Waals surface area contributed by atoms with Crippen molar-refractivity contribution >= 4 is 5.78 Å². The molecule has 116 valence electrons. The molecule has 0 amide bonds. The van der Waals surface area contributed by atoms with Gasteiger partial charge in [0, 0.05) is 6.42 Å². The summed E-state index contributed by atoms with van der Waals surface area (Å²) in [6.45, 7) is 2.43. The zero-order valence-corrected chi connectivity index (χ0v) is 13.4. The molecule has 0 aromatic rings. The number of hydrogen-bond acceptors (Lipinski definition) is 2. The van der Waals surface area contributed by atoms with Gasteiger partial charge in [0.05, 0.1) is 12.0 Å². The largest absolute Gasteiger partial charge is 0.295 e. The Morgan fingerprint density at radius 1 is 1.14 bits per heavy atom. The number of allylic oxidation sites excluding steroid dienone is 1. The highest BCUT2D eigenvalue weighted by Gasteiger charge is 2.69. The van der Waals surface area contributed by atoms with Crippen LogP contribution in [0.1, 0.15) is 51.9 Å². The highest BCUT2D eigenvalue weighted by Crippen LogP contribution is 2.74. The second kappa shape index (κ2) is 4.25. The van der Waals surface area contributed by atoms with Gasteiger partial charge in [0.1, 0.15) is 0 Å². The first kappa shape index (κ1) is 13.3. The average molecular weight is 295 g/mol. The van der Waals surface area contributed by atoms with Crippen molar-refractivity contribution in [2.75, 3.05) is 0 Å². The summed E-state index contributed by atoms with van der Waals surface area (Å²) in [6.07, 6.45) is 10.2. The second-order valence-corrected chi connectivity index (χ2v) is 8.94. The monoisotopic (exact) mass is 295 g/mol. The Hall–Kier alpha value is -1.10. The fourth-order valence-corrected chi connectivity index (χ4v) is 7.39. The standard InChI is InChI=1S/C20H25NO/c1-20-7-6-14-13-5-3-12(22)8-11(13)2-4-15(14)19(20)17-9-16(17)18(20)10-21/h8,13-19H,2-7,9H2,1H3/t13-,14+,15+,16-,17+,18-,19+,20+/m0/s1. The van der Waals surface area contributed by atoms with E-state index in [1.165, 1.54) is 31.3 Å². The van der Waals surface area contributed by atoms with Crippen LogP contribution in [0.25, 0.3) is 0 Å². The Morgan fingerprint density at radius 3 is 2.82 bits per heavy atom. The van der Waals surface area contributed by atoms with Crippen molar-refractivity contribution < 1.29 is 4.79 Å². The van der Waals surface area contributed by atoms with Crippen LogP contribution in [0.5, 0.6) is 0 Å². The summed E-state index contributed by atoms with van der Waals surface area (Å²) >= 11 is 0. The molecule has 4 fully saturated rings. The normalized spacial score (nSPS) is 55.2. The van der Waals surface area contributed by atoms with Crippen LogP contribution in [-0.2, 0) is 4.79 Å². The number of hydrogen-bond donors (Lipinski definition) is 0. The van der Waals surface area contributed by atoms with Gasteiger partial charge in [0.2, 0.25) is 0 Å². The Kier molecular flexibility index (Phi) is 2.58. The highest BCUT2D eigenvalue weighted by molar-refractivity contribution is 5.91. The number of carbonyl (C=O) groups is 1. The molecule has 0 heterocycles. The lowest BCUT2D eigenvalue weighted by atomic mass is 9.50. The maximum absolute atomic E-state index is 11.7. The van der Waals surface area contributed by atoms with Crippen molar-refractivity contribution in [3.05, 3.63) is 11.6 Å². The summed E-state index contributed by atoms with van der Waals surface area (Å²) < 4.78 is 0. The SMILES string of the molecule is C[C@]12CC[C@H]3[C@@H](CCC4=CC(=O)CC[C@@H]43)[C@@H]1[C@@H]1C[C@@H]1[C@@H]2C#N. The lowest BCUT2D eigenvalue weighted by Crippen LogP contribution is -2.47. The van der Waals surface area contributed by atoms with Gasteiger partial charge in [0.15, 0.2) is 5.78 Å². The third kappa shape index (κ3) is 1.53. The minimum atomic E-state index is 0.301. The molecular formula is C20H25NO. The van der Waals surface area contributed by atoms with Crippen LogP contribution in [0.3, 0.4) is 0 Å². The smallest absolute Gasteiger partial charge is 0.155 e. The highest BCUT2D eigenvalue weighted by atomic mass is 16.1. The van der Waals surface area contributed by atoms with Gasteiger partial charge in [-0.1, -0.05) is 12.5 Å². The molecule has 2 nitrogen and oxygen atoms in total. The van der Waals surface area contributed by atoms with Crippen molar-refractivity contribution in [2.45, 2.75) is 51.9 Å². The van der Waals surface area contributed by atoms with Gasteiger partial charge in [-0.25, -0.2) is 0 Å². The van der Waals surface area contributed by atoms with Crippen molar-refractivity contribution in [3.63, 3.8) is 0 Å². The van der Waals surface area contributed by atoms with Crippen LogP contribution in [0.15, 0.2) is 11.6 Å². The molecule has 0 radical (unpaired) electrons. The van der Waals surface area contributed by atoms with Crippen molar-refractivity contribution in [3.8, 4) is 6.07 Å². The molecule has 0 aromatic carbocycles. The van der Waals surface area contributed by atoms with Crippen molar-refractivity contribution in [1.82, 2.24) is 0 Å². The minimum Gasteiger partial charge on any atom is -0.295 e. The molecule has 5 aliphatic rings. The van der Waals surface area contributed by atoms with E-state index in [2.05, 4.69) is 13.0 Å². The van der Waals surface area contributed by atoms with Crippen LogP contribution in [0.4, 0.5) is 0 Å². The number of rotatable bonds is 0. The number of ketones is 1. The van der Waals surface area contributed by atoms with E-state index in [9.17, 15) is 10.1 Å². The molecular weight excluding hydrogens is 270 g/mol. The summed E-state index contributed by atoms with van der Waals surface area (Å²) in [4.78, 5) is 11.7. The van der Waals surface area contributed by atoms with Crippen LogP contribution in [0, 0.1) is 58.2 Å². The van der Waals surface area contributed by atoms with E-state index in [1.807, 2.05) is 6.08 Å². The number of carbonyl (C=O) groups excluding carboxylic acids is 1. The van der Waals surface area contributed by atoms with Crippen LogP contribution >= 0.6 is 0 Å². The third-order valence-corrected chi connectivity index (χ3v) is 8.23. The summed E-state index contributed by atoms with van der Waals surface area (Å²) in [5.41, 5.74) is 1.78. The van der Waals surface area contributed by atoms with E-state index < -0.39 is 0 Å². The third-order valence-electron chi connectivity index (χ3n) is 8.23. The molecule has 4 saturated carbocycles. The molecule has 0 N–H and O–H groups in total. The summed E-state index contributed by atoms with van der Waals surface area (Å²) in [5.74, 6) is 5.42. The van der Waals surface area contributed by atoms with Crippen molar-refractivity contribution in [1.29, 1.82) is 5.26 Å². The molecule has 22 heavy (non-hydrogen) atoms. The predicted octanol–water partition coefficient (Wildman–Crippen LogP) is 4.12. The molecule has 0 saturated heterocycles. The molecule has 0 bridgehead atoms. The Labute approximate surface area is 133 Å². The zero-order valence-electron chi connectivity index (χ0n) is 13.4. The Bertz CT molecular complexity index is 614. The fourth-order valence-electron chi connectivity index (χ4n) is 7.39. The van der Waals surface area contributed by atoms with E-state index in [1.54, 1.807) is 0 Å². The topological polar surface area (TPSA) is 40.9 Å². The quantitative estimate of drug-likeness (QED) is 0.674. The van der Waals surface area contributed by atoms with Gasteiger partial charge in [0.25, 0.3) is 0 Å². The van der Waals surface area contributed by atoms with Gasteiger partial charge < -0.3 is 0 Å². The first-order valence-electron chi connectivity index (χ1n) is 9.26. The van der Waals surface area contributed by atoms with Gasteiger partial charge >= 0.3 is 0 Å². The van der Waals surface area contributed by atoms with Gasteiger partial charge in [-0.15, -0.1) is 0 Å². The minimum absolute atomic E-state index is 0.301. The molecule has 0 aliphatic heterocycles. The van der Waals surface area contributed by atoms with Crippen LogP contribution < -0.4 is 0 Å². The van der Waals surface area contributed by atoms with E-state index >= 15 is 0 Å². The Morgan fingerprint density at radius 2 is 2.00 bits per heavy atom. The van der Waals surface area contributed by atoms with Crippen LogP contribution in [-0.4, -0.2) is 5.78 Å². The lowest BCUT2D eigenvalue weighted by molar-refractivity contribution is -0.116. The van der Waals surface area contributed by atoms with Gasteiger partial charge in [-0.3, -0.25) is 4.79 Å². The molecule has 0 unspecified atom stereocenters. The van der Waals surface area contributed by atoms with E-state index in [0.29, 0.717) is 23.0 Å². The summed E-state index contributed by atoms with van der Waals surface area (Å²) in [7, 11) is 0. The summed E-state index contributed by atoms with van der Waals surface area (Å²) in [6, 6.07) is 2.70. The van der Waals surface area contributed by atoms with Crippen molar-refractivity contribution in [2.24, 2.45) is 46.8 Å². The average Bonchev–Trinajstić information content (AvgIpc) is 3.21. The van der Waals surface area contributed by atoms with Gasteiger partial charge in [-0.05, 0) is 85.5 Å². The van der Waals surface area contributed by atoms with Gasteiger partial charge in [-0.2, -0.15) is 5.26 Å². The molecule has 5 aliphatic carbocycles. The number of nitriles is 1. The molecule has 8 atom stereocenters. The Balaban J connectivity index is 1.49. The fraction of sp³-hybridized carbons (Fsp3) is 0.800.